The molecular weight excluding hydrogens is 384 g/mol. The minimum absolute atomic E-state index is 0.557. The lowest BCUT2D eigenvalue weighted by atomic mass is 10.2. The van der Waals surface area contributed by atoms with E-state index in [1.807, 2.05) is 54.9 Å². The van der Waals surface area contributed by atoms with Gasteiger partial charge in [0.15, 0.2) is 11.5 Å². The van der Waals surface area contributed by atoms with Gasteiger partial charge < -0.3 is 14.0 Å². The van der Waals surface area contributed by atoms with Crippen LogP contribution >= 0.6 is 15.9 Å². The highest BCUT2D eigenvalue weighted by atomic mass is 79.9. The van der Waals surface area contributed by atoms with Crippen molar-refractivity contribution in [1.82, 2.24) is 9.55 Å². The number of methoxy groups -OCH3 is 1. The summed E-state index contributed by atoms with van der Waals surface area (Å²) in [6.07, 6.45) is 1.71. The van der Waals surface area contributed by atoms with Crippen LogP contribution in [0.5, 0.6) is 11.5 Å². The second-order valence-corrected chi connectivity index (χ2v) is 6.17. The summed E-state index contributed by atoms with van der Waals surface area (Å²) < 4.78 is 13.8. The van der Waals surface area contributed by atoms with Crippen LogP contribution in [0.15, 0.2) is 46.0 Å². The van der Waals surface area contributed by atoms with E-state index in [-0.39, 0.29) is 0 Å². The molecule has 6 nitrogen and oxygen atoms in total. The zero-order valence-corrected chi connectivity index (χ0v) is 15.9. The van der Waals surface area contributed by atoms with Crippen LogP contribution < -0.4 is 14.9 Å². The Morgan fingerprint density at radius 1 is 1.32 bits per heavy atom. The molecule has 1 N–H and O–H groups in total. The number of nitrogens with zero attached hydrogens (tertiary/aromatic N) is 3. The Balaban J connectivity index is 1.83. The second kappa shape index (κ2) is 7.57. The Labute approximate surface area is 154 Å². The van der Waals surface area contributed by atoms with Crippen LogP contribution in [0, 0.1) is 0 Å². The third-order valence-corrected chi connectivity index (χ3v) is 4.29. The first kappa shape index (κ1) is 17.3. The molecule has 0 bridgehead atoms. The number of hydrogen-bond donors (Lipinski definition) is 1. The van der Waals surface area contributed by atoms with E-state index < -0.39 is 0 Å². The van der Waals surface area contributed by atoms with Gasteiger partial charge in [0, 0.05) is 7.05 Å². The maximum atomic E-state index is 5.62. The number of rotatable bonds is 6. The molecule has 0 amide bonds. The molecule has 0 aliphatic rings. The van der Waals surface area contributed by atoms with Gasteiger partial charge >= 0.3 is 0 Å². The van der Waals surface area contributed by atoms with Crippen molar-refractivity contribution < 1.29 is 9.47 Å². The number of benzene rings is 2. The van der Waals surface area contributed by atoms with Crippen LogP contribution in [0.25, 0.3) is 11.0 Å². The molecule has 0 aliphatic carbocycles. The van der Waals surface area contributed by atoms with Crippen molar-refractivity contribution in [2.45, 2.75) is 6.92 Å². The van der Waals surface area contributed by atoms with Crippen molar-refractivity contribution in [3.05, 3.63) is 46.4 Å². The van der Waals surface area contributed by atoms with Crippen molar-refractivity contribution in [2.75, 3.05) is 19.1 Å². The van der Waals surface area contributed by atoms with E-state index in [0.717, 1.165) is 21.1 Å². The standard InChI is InChI=1S/C18H19BrN4O2/c1-4-25-16-10-12(9-13(19)17(16)24-3)11-20-22-18-21-14-7-5-6-8-15(14)23(18)2/h5-11H,4H2,1-3H3,(H,21,22)/b20-11-. The van der Waals surface area contributed by atoms with Crippen molar-refractivity contribution in [3.63, 3.8) is 0 Å². The van der Waals surface area contributed by atoms with Gasteiger partial charge in [-0.05, 0) is 52.7 Å². The van der Waals surface area contributed by atoms with Crippen LogP contribution in [0.2, 0.25) is 0 Å². The van der Waals surface area contributed by atoms with Crippen molar-refractivity contribution in [1.29, 1.82) is 0 Å². The summed E-state index contributed by atoms with van der Waals surface area (Å²) in [5.41, 5.74) is 5.83. The Morgan fingerprint density at radius 3 is 2.84 bits per heavy atom. The highest BCUT2D eigenvalue weighted by molar-refractivity contribution is 9.10. The van der Waals surface area contributed by atoms with Gasteiger partial charge in [-0.25, -0.2) is 10.4 Å². The first-order valence-corrected chi connectivity index (χ1v) is 8.64. The number of ether oxygens (including phenoxy) is 2. The summed E-state index contributed by atoms with van der Waals surface area (Å²) >= 11 is 3.50. The predicted molar refractivity (Wildman–Crippen MR) is 104 cm³/mol. The van der Waals surface area contributed by atoms with Gasteiger partial charge in [-0.2, -0.15) is 5.10 Å². The monoisotopic (exact) mass is 402 g/mol. The maximum Gasteiger partial charge on any atom is 0.224 e. The lowest BCUT2D eigenvalue weighted by molar-refractivity contribution is 0.310. The van der Waals surface area contributed by atoms with Gasteiger partial charge in [-0.3, -0.25) is 0 Å². The predicted octanol–water partition coefficient (Wildman–Crippen LogP) is 4.19. The van der Waals surface area contributed by atoms with E-state index >= 15 is 0 Å². The molecule has 3 aromatic rings. The molecule has 0 aliphatic heterocycles. The normalized spacial score (nSPS) is 11.2. The number of aromatic nitrogens is 2. The molecule has 2 aromatic carbocycles. The molecular formula is C18H19BrN4O2. The minimum Gasteiger partial charge on any atom is -0.492 e. The number of fused-ring (bicyclic) bond motifs is 1. The molecule has 0 atom stereocenters. The molecule has 0 saturated heterocycles. The molecule has 1 heterocycles. The number of nitrogens with one attached hydrogen (secondary N) is 1. The summed E-state index contributed by atoms with van der Waals surface area (Å²) in [6, 6.07) is 11.7. The Hall–Kier alpha value is -2.54. The summed E-state index contributed by atoms with van der Waals surface area (Å²) in [4.78, 5) is 4.52. The molecule has 25 heavy (non-hydrogen) atoms. The average molecular weight is 403 g/mol. The third kappa shape index (κ3) is 3.61. The molecule has 0 spiro atoms. The summed E-state index contributed by atoms with van der Waals surface area (Å²) in [5, 5.41) is 4.29. The summed E-state index contributed by atoms with van der Waals surface area (Å²) in [6.45, 7) is 2.49. The van der Waals surface area contributed by atoms with Crippen LogP contribution in [0.3, 0.4) is 0 Å². The van der Waals surface area contributed by atoms with Crippen LogP contribution in [-0.2, 0) is 7.05 Å². The molecule has 1 aromatic heterocycles. The van der Waals surface area contributed by atoms with Crippen LogP contribution in [0.1, 0.15) is 12.5 Å². The molecule has 130 valence electrons. The number of halogens is 1. The Bertz CT molecular complexity index is 921. The fourth-order valence-corrected chi connectivity index (χ4v) is 3.16. The first-order chi connectivity index (χ1) is 12.1. The fourth-order valence-electron chi connectivity index (χ4n) is 2.53. The number of hydrogen-bond acceptors (Lipinski definition) is 5. The number of anilines is 1. The number of hydrazone groups is 1. The smallest absolute Gasteiger partial charge is 0.224 e. The lowest BCUT2D eigenvalue weighted by Crippen LogP contribution is -2.00. The van der Waals surface area contributed by atoms with E-state index in [0.29, 0.717) is 24.1 Å². The van der Waals surface area contributed by atoms with Gasteiger partial charge in [-0.1, -0.05) is 12.1 Å². The van der Waals surface area contributed by atoms with Crippen molar-refractivity contribution >= 4 is 39.1 Å². The second-order valence-electron chi connectivity index (χ2n) is 5.32. The molecule has 0 saturated carbocycles. The topological polar surface area (TPSA) is 60.7 Å². The van der Waals surface area contributed by atoms with Gasteiger partial charge in [0.2, 0.25) is 5.95 Å². The van der Waals surface area contributed by atoms with E-state index in [9.17, 15) is 0 Å². The number of imidazole rings is 1. The van der Waals surface area contributed by atoms with Crippen molar-refractivity contribution in [3.8, 4) is 11.5 Å². The van der Waals surface area contributed by atoms with Crippen molar-refractivity contribution in [2.24, 2.45) is 12.1 Å². The third-order valence-electron chi connectivity index (χ3n) is 3.70. The van der Waals surface area contributed by atoms with Crippen LogP contribution in [0.4, 0.5) is 5.95 Å². The first-order valence-electron chi connectivity index (χ1n) is 7.85. The number of aryl methyl sites for hydroxylation is 1. The maximum absolute atomic E-state index is 5.62. The Kier molecular flexibility index (Phi) is 5.23. The van der Waals surface area contributed by atoms with Gasteiger partial charge in [0.05, 0.1) is 35.4 Å². The molecule has 7 heteroatoms. The minimum atomic E-state index is 0.557. The molecule has 3 rings (SSSR count). The highest BCUT2D eigenvalue weighted by Gasteiger charge is 2.10. The zero-order chi connectivity index (χ0) is 17.8. The molecule has 0 radical (unpaired) electrons. The molecule has 0 unspecified atom stereocenters. The van der Waals surface area contributed by atoms with Gasteiger partial charge in [-0.15, -0.1) is 0 Å². The SMILES string of the molecule is CCOc1cc(/C=N\Nc2nc3ccccc3n2C)cc(Br)c1OC. The average Bonchev–Trinajstić information content (AvgIpc) is 2.92. The number of para-hydroxylation sites is 2. The largest absolute Gasteiger partial charge is 0.492 e. The summed E-state index contributed by atoms with van der Waals surface area (Å²) in [7, 11) is 3.56. The van der Waals surface area contributed by atoms with E-state index in [4.69, 9.17) is 9.47 Å². The van der Waals surface area contributed by atoms with Gasteiger partial charge in [0.1, 0.15) is 0 Å². The molecule has 0 fully saturated rings. The summed E-state index contributed by atoms with van der Waals surface area (Å²) in [5.74, 6) is 2.01. The Morgan fingerprint density at radius 2 is 2.12 bits per heavy atom. The van der Waals surface area contributed by atoms with Gasteiger partial charge in [0.25, 0.3) is 0 Å². The van der Waals surface area contributed by atoms with E-state index in [1.165, 1.54) is 0 Å². The van der Waals surface area contributed by atoms with E-state index in [2.05, 4.69) is 31.4 Å². The highest BCUT2D eigenvalue weighted by Crippen LogP contribution is 2.36. The lowest BCUT2D eigenvalue weighted by Gasteiger charge is -2.11. The van der Waals surface area contributed by atoms with E-state index in [1.54, 1.807) is 13.3 Å². The fraction of sp³-hybridized carbons (Fsp3) is 0.222. The zero-order valence-electron chi connectivity index (χ0n) is 14.3. The van der Waals surface area contributed by atoms with Crippen LogP contribution in [-0.4, -0.2) is 29.5 Å². The quantitative estimate of drug-likeness (QED) is 0.495.